The molecule has 5 nitrogen and oxygen atoms in total. The third kappa shape index (κ3) is 5.23. The molecule has 6 heteroatoms. The highest BCUT2D eigenvalue weighted by molar-refractivity contribution is 5.92. The molecule has 19 heavy (non-hydrogen) atoms. The quantitative estimate of drug-likeness (QED) is 0.732. The summed E-state index contributed by atoms with van der Waals surface area (Å²) in [5, 5.41) is 2.68. The van der Waals surface area contributed by atoms with Gasteiger partial charge in [0.1, 0.15) is 5.82 Å². The molecule has 0 atom stereocenters. The average molecular weight is 269 g/mol. The molecule has 1 rings (SSSR count). The van der Waals surface area contributed by atoms with E-state index in [-0.39, 0.29) is 18.1 Å². The van der Waals surface area contributed by atoms with E-state index in [1.807, 2.05) is 11.8 Å². The van der Waals surface area contributed by atoms with Gasteiger partial charge in [-0.2, -0.15) is 0 Å². The predicted molar refractivity (Wildman–Crippen MR) is 73.4 cm³/mol. The summed E-state index contributed by atoms with van der Waals surface area (Å²) in [4.78, 5) is 13.8. The molecular weight excluding hydrogens is 249 g/mol. The number of nitrogen functional groups attached to an aromatic ring is 1. The van der Waals surface area contributed by atoms with Crippen molar-refractivity contribution in [2.45, 2.75) is 6.92 Å². The number of nitrogens with zero attached hydrogens (tertiary/aromatic N) is 1. The summed E-state index contributed by atoms with van der Waals surface area (Å²) in [7, 11) is 1.62. The fraction of sp³-hybridized carbons (Fsp3) is 0.462. The van der Waals surface area contributed by atoms with Crippen molar-refractivity contribution in [2.75, 3.05) is 44.4 Å². The Morgan fingerprint density at radius 3 is 2.84 bits per heavy atom. The minimum Gasteiger partial charge on any atom is -0.396 e. The van der Waals surface area contributed by atoms with Crippen LogP contribution >= 0.6 is 0 Å². The molecule has 0 unspecified atom stereocenters. The fourth-order valence-electron chi connectivity index (χ4n) is 1.59. The molecule has 0 aliphatic heterocycles. The number of methoxy groups -OCH3 is 1. The van der Waals surface area contributed by atoms with Gasteiger partial charge in [0, 0.05) is 19.3 Å². The first kappa shape index (κ1) is 15.4. The van der Waals surface area contributed by atoms with E-state index in [0.717, 1.165) is 6.54 Å². The van der Waals surface area contributed by atoms with Gasteiger partial charge in [0.05, 0.1) is 18.8 Å². The second-order valence-corrected chi connectivity index (χ2v) is 4.15. The van der Waals surface area contributed by atoms with Crippen LogP contribution in [0.2, 0.25) is 0 Å². The topological polar surface area (TPSA) is 67.6 Å². The normalized spacial score (nSPS) is 10.7. The molecule has 1 amide bonds. The first-order valence-corrected chi connectivity index (χ1v) is 6.13. The molecule has 3 N–H and O–H groups in total. The van der Waals surface area contributed by atoms with Crippen molar-refractivity contribution in [3.63, 3.8) is 0 Å². The van der Waals surface area contributed by atoms with E-state index in [1.54, 1.807) is 7.11 Å². The fourth-order valence-corrected chi connectivity index (χ4v) is 1.59. The summed E-state index contributed by atoms with van der Waals surface area (Å²) >= 11 is 0. The van der Waals surface area contributed by atoms with Crippen molar-refractivity contribution in [2.24, 2.45) is 0 Å². The second-order valence-electron chi connectivity index (χ2n) is 4.15. The molecule has 0 bridgehead atoms. The van der Waals surface area contributed by atoms with E-state index < -0.39 is 5.82 Å². The first-order chi connectivity index (χ1) is 9.06. The van der Waals surface area contributed by atoms with Crippen molar-refractivity contribution >= 4 is 17.3 Å². The van der Waals surface area contributed by atoms with Gasteiger partial charge in [-0.25, -0.2) is 4.39 Å². The maximum Gasteiger partial charge on any atom is 0.238 e. The molecule has 0 heterocycles. The highest BCUT2D eigenvalue weighted by Gasteiger charge is 2.09. The van der Waals surface area contributed by atoms with Crippen molar-refractivity contribution in [1.29, 1.82) is 0 Å². The Hall–Kier alpha value is -1.66. The lowest BCUT2D eigenvalue weighted by molar-refractivity contribution is -0.117. The van der Waals surface area contributed by atoms with E-state index in [0.29, 0.717) is 18.8 Å². The van der Waals surface area contributed by atoms with Gasteiger partial charge in [0.2, 0.25) is 5.91 Å². The molecule has 1 aromatic carbocycles. The van der Waals surface area contributed by atoms with Gasteiger partial charge in [-0.1, -0.05) is 6.92 Å². The SMILES string of the molecule is CCN(CCOC)CC(=O)Nc1ccc(F)c(N)c1. The average Bonchev–Trinajstić information content (AvgIpc) is 2.38. The molecule has 0 saturated carbocycles. The molecule has 1 aromatic rings. The van der Waals surface area contributed by atoms with E-state index >= 15 is 0 Å². The highest BCUT2D eigenvalue weighted by Crippen LogP contribution is 2.16. The van der Waals surface area contributed by atoms with Crippen LogP contribution in [0.25, 0.3) is 0 Å². The van der Waals surface area contributed by atoms with Crippen LogP contribution in [0.5, 0.6) is 0 Å². The van der Waals surface area contributed by atoms with Crippen LogP contribution in [0.3, 0.4) is 0 Å². The minimum absolute atomic E-state index is 0.0181. The van der Waals surface area contributed by atoms with E-state index in [9.17, 15) is 9.18 Å². The lowest BCUT2D eigenvalue weighted by atomic mass is 10.2. The number of rotatable bonds is 7. The number of hydrogen-bond donors (Lipinski definition) is 2. The van der Waals surface area contributed by atoms with Crippen molar-refractivity contribution in [3.05, 3.63) is 24.0 Å². The lowest BCUT2D eigenvalue weighted by Crippen LogP contribution is -2.35. The van der Waals surface area contributed by atoms with Crippen LogP contribution in [-0.4, -0.2) is 44.2 Å². The summed E-state index contributed by atoms with van der Waals surface area (Å²) in [6.45, 7) is 4.24. The number of benzene rings is 1. The molecule has 106 valence electrons. The standard InChI is InChI=1S/C13H20FN3O2/c1-3-17(6-7-19-2)9-13(18)16-10-4-5-11(14)12(15)8-10/h4-5,8H,3,6-7,9,15H2,1-2H3,(H,16,18). The molecule has 0 aliphatic carbocycles. The number of nitrogens with one attached hydrogen (secondary N) is 1. The Labute approximate surface area is 112 Å². The number of likely N-dealkylation sites (N-methyl/N-ethyl adjacent to an activating group) is 1. The third-order valence-corrected chi connectivity index (χ3v) is 2.71. The Morgan fingerprint density at radius 1 is 1.53 bits per heavy atom. The molecule has 0 aromatic heterocycles. The monoisotopic (exact) mass is 269 g/mol. The Balaban J connectivity index is 2.51. The summed E-state index contributed by atoms with van der Waals surface area (Å²) in [5.41, 5.74) is 5.95. The number of carbonyl (C=O) groups excluding carboxylic acids is 1. The number of ether oxygens (including phenoxy) is 1. The van der Waals surface area contributed by atoms with Crippen LogP contribution in [0, 0.1) is 5.82 Å². The Kier molecular flexibility index (Phi) is 6.24. The summed E-state index contributed by atoms with van der Waals surface area (Å²) in [6.07, 6.45) is 0. The summed E-state index contributed by atoms with van der Waals surface area (Å²) in [6, 6.07) is 4.11. The molecule has 0 radical (unpaired) electrons. The summed E-state index contributed by atoms with van der Waals surface area (Å²) < 4.78 is 18.0. The van der Waals surface area contributed by atoms with E-state index in [1.165, 1.54) is 18.2 Å². The van der Waals surface area contributed by atoms with Crippen LogP contribution in [0.1, 0.15) is 6.92 Å². The highest BCUT2D eigenvalue weighted by atomic mass is 19.1. The van der Waals surface area contributed by atoms with Crippen molar-refractivity contribution in [3.8, 4) is 0 Å². The van der Waals surface area contributed by atoms with Gasteiger partial charge in [0.25, 0.3) is 0 Å². The van der Waals surface area contributed by atoms with Gasteiger partial charge in [-0.05, 0) is 24.7 Å². The maximum atomic E-state index is 13.0. The molecule has 0 fully saturated rings. The minimum atomic E-state index is -0.492. The second kappa shape index (κ2) is 7.70. The largest absolute Gasteiger partial charge is 0.396 e. The molecule has 0 spiro atoms. The number of halogens is 1. The van der Waals surface area contributed by atoms with Gasteiger partial charge in [0.15, 0.2) is 0 Å². The molecule has 0 aliphatic rings. The molecule has 0 saturated heterocycles. The number of hydrogen-bond acceptors (Lipinski definition) is 4. The first-order valence-electron chi connectivity index (χ1n) is 6.13. The third-order valence-electron chi connectivity index (χ3n) is 2.71. The Morgan fingerprint density at radius 2 is 2.26 bits per heavy atom. The number of nitrogens with two attached hydrogens (primary N) is 1. The lowest BCUT2D eigenvalue weighted by Gasteiger charge is -2.19. The number of anilines is 2. The maximum absolute atomic E-state index is 13.0. The van der Waals surface area contributed by atoms with Crippen molar-refractivity contribution in [1.82, 2.24) is 4.90 Å². The zero-order valence-corrected chi connectivity index (χ0v) is 11.3. The van der Waals surface area contributed by atoms with Gasteiger partial charge >= 0.3 is 0 Å². The zero-order chi connectivity index (χ0) is 14.3. The molecular formula is C13H20FN3O2. The van der Waals surface area contributed by atoms with E-state index in [2.05, 4.69) is 5.32 Å². The van der Waals surface area contributed by atoms with Gasteiger partial charge in [-0.15, -0.1) is 0 Å². The van der Waals surface area contributed by atoms with Crippen LogP contribution in [0.15, 0.2) is 18.2 Å². The Bertz CT molecular complexity index is 426. The van der Waals surface area contributed by atoms with Gasteiger partial charge in [-0.3, -0.25) is 9.69 Å². The summed E-state index contributed by atoms with van der Waals surface area (Å²) in [5.74, 6) is -0.655. The smallest absolute Gasteiger partial charge is 0.238 e. The number of carbonyl (C=O) groups is 1. The zero-order valence-electron chi connectivity index (χ0n) is 11.3. The van der Waals surface area contributed by atoms with Crippen LogP contribution in [-0.2, 0) is 9.53 Å². The van der Waals surface area contributed by atoms with Gasteiger partial charge < -0.3 is 15.8 Å². The predicted octanol–water partition coefficient (Wildman–Crippen LogP) is 1.31. The van der Waals surface area contributed by atoms with Crippen LogP contribution < -0.4 is 11.1 Å². The van der Waals surface area contributed by atoms with Crippen LogP contribution in [0.4, 0.5) is 15.8 Å². The van der Waals surface area contributed by atoms with E-state index in [4.69, 9.17) is 10.5 Å². The number of amides is 1. The van der Waals surface area contributed by atoms with Crippen molar-refractivity contribution < 1.29 is 13.9 Å².